The second kappa shape index (κ2) is 5.66. The van der Waals surface area contributed by atoms with E-state index in [1.165, 1.54) is 0 Å². The lowest BCUT2D eigenvalue weighted by molar-refractivity contribution is -0.313. The smallest absolute Gasteiger partial charge is 0.386 e. The van der Waals surface area contributed by atoms with Crippen molar-refractivity contribution in [1.82, 2.24) is 4.31 Å². The van der Waals surface area contributed by atoms with E-state index in [-0.39, 0.29) is 4.31 Å². The van der Waals surface area contributed by atoms with Gasteiger partial charge in [0.2, 0.25) is 0 Å². The summed E-state index contributed by atoms with van der Waals surface area (Å²) in [6.45, 7) is -2.67. The van der Waals surface area contributed by atoms with Gasteiger partial charge in [-0.1, -0.05) is 14.5 Å². The molecule has 0 aliphatic carbocycles. The number of hydrogen-bond donors (Lipinski definition) is 0. The molecule has 0 atom stereocenters. The molecule has 0 aromatic heterocycles. The average Bonchev–Trinajstić information content (AvgIpc) is 2.16. The molecule has 6 nitrogen and oxygen atoms in total. The van der Waals surface area contributed by atoms with Gasteiger partial charge in [0.1, 0.15) is 0 Å². The van der Waals surface area contributed by atoms with Crippen molar-refractivity contribution in [3.63, 3.8) is 0 Å². The van der Waals surface area contributed by atoms with Crippen molar-refractivity contribution in [2.75, 3.05) is 25.9 Å². The molecule has 0 aromatic rings. The monoisotopic (exact) mass is 297 g/mol. The lowest BCUT2D eigenvalue weighted by Gasteiger charge is -2.32. The van der Waals surface area contributed by atoms with Crippen LogP contribution in [0.3, 0.4) is 0 Å². The Morgan fingerprint density at radius 2 is 1.82 bits per heavy atom. The first kappa shape index (κ1) is 16.9. The molecule has 0 fully saturated rings. The van der Waals surface area contributed by atoms with Gasteiger partial charge in [0, 0.05) is 13.1 Å². The predicted molar refractivity (Wildman–Crippen MR) is 49.6 cm³/mol. The van der Waals surface area contributed by atoms with Crippen molar-refractivity contribution in [2.45, 2.75) is 12.2 Å². The van der Waals surface area contributed by atoms with Crippen LogP contribution in [0.4, 0.5) is 13.2 Å². The largest absolute Gasteiger partial charge is 0.811 e. The maximum atomic E-state index is 12.8. The van der Waals surface area contributed by atoms with E-state index in [0.29, 0.717) is 0 Å². The highest BCUT2D eigenvalue weighted by molar-refractivity contribution is 7.90. The van der Waals surface area contributed by atoms with Gasteiger partial charge in [-0.2, -0.15) is 13.1 Å². The molecule has 0 N–H and O–H groups in total. The Kier molecular flexibility index (Phi) is 5.61. The summed E-state index contributed by atoms with van der Waals surface area (Å²) in [6, 6.07) is 0. The first-order chi connectivity index (χ1) is 7.48. The minimum atomic E-state index is -5.30. The van der Waals surface area contributed by atoms with Crippen LogP contribution in [0.25, 0.3) is 0 Å². The SMILES string of the molecule is CCN(CCP(=O)([O-])[O-])S(=O)(=O)C(F)(F)CF. The molecule has 0 unspecified atom stereocenters. The summed E-state index contributed by atoms with van der Waals surface area (Å²) in [5.41, 5.74) is 0. The van der Waals surface area contributed by atoms with Gasteiger partial charge in [-0.25, -0.2) is 12.8 Å². The highest BCUT2D eigenvalue weighted by Gasteiger charge is 2.48. The van der Waals surface area contributed by atoms with Crippen LogP contribution in [0, 0.1) is 0 Å². The van der Waals surface area contributed by atoms with Gasteiger partial charge in [0.25, 0.3) is 10.0 Å². The molecule has 0 heterocycles. The Morgan fingerprint density at radius 1 is 1.35 bits per heavy atom. The number of nitrogens with zero attached hydrogens (tertiary/aromatic N) is 1. The van der Waals surface area contributed by atoms with Gasteiger partial charge < -0.3 is 14.4 Å². The zero-order valence-electron chi connectivity index (χ0n) is 8.81. The molecule has 17 heavy (non-hydrogen) atoms. The molecular weight excluding hydrogens is 286 g/mol. The molecule has 0 aliphatic heterocycles. The normalized spacial score (nSPS) is 14.3. The average molecular weight is 297 g/mol. The van der Waals surface area contributed by atoms with Gasteiger partial charge >= 0.3 is 5.25 Å². The third-order valence-electron chi connectivity index (χ3n) is 1.85. The maximum Gasteiger partial charge on any atom is 0.386 e. The van der Waals surface area contributed by atoms with Crippen molar-refractivity contribution in [3.05, 3.63) is 0 Å². The van der Waals surface area contributed by atoms with Gasteiger partial charge in [-0.3, -0.25) is 0 Å². The summed E-state index contributed by atoms with van der Waals surface area (Å²) >= 11 is 0. The lowest BCUT2D eigenvalue weighted by Crippen LogP contribution is -2.45. The summed E-state index contributed by atoms with van der Waals surface area (Å²) in [5, 5.41) is -4.63. The highest BCUT2D eigenvalue weighted by atomic mass is 32.2. The summed E-state index contributed by atoms with van der Waals surface area (Å²) in [4.78, 5) is 20.6. The van der Waals surface area contributed by atoms with Crippen molar-refractivity contribution in [3.8, 4) is 0 Å². The second-order valence-electron chi connectivity index (χ2n) is 3.10. The Bertz CT molecular complexity index is 394. The number of sulfonamides is 1. The highest BCUT2D eigenvalue weighted by Crippen LogP contribution is 2.28. The van der Waals surface area contributed by atoms with Crippen LogP contribution in [0.2, 0.25) is 0 Å². The molecule has 0 aliphatic rings. The van der Waals surface area contributed by atoms with Crippen LogP contribution in [-0.2, 0) is 14.6 Å². The topological polar surface area (TPSA) is 101 Å². The van der Waals surface area contributed by atoms with Crippen LogP contribution in [0.15, 0.2) is 0 Å². The molecule has 0 radical (unpaired) electrons. The van der Waals surface area contributed by atoms with E-state index in [4.69, 9.17) is 0 Å². The fourth-order valence-electron chi connectivity index (χ4n) is 0.940. The molecule has 0 rings (SSSR count). The number of rotatable bonds is 7. The molecule has 104 valence electrons. The first-order valence-electron chi connectivity index (χ1n) is 4.42. The Labute approximate surface area is 96.6 Å². The summed E-state index contributed by atoms with van der Waals surface area (Å²) in [5.74, 6) is 0. The minimum absolute atomic E-state index is 0.0645. The van der Waals surface area contributed by atoms with Crippen LogP contribution in [0.1, 0.15) is 6.92 Å². The molecule has 11 heteroatoms. The Morgan fingerprint density at radius 3 is 2.12 bits per heavy atom. The van der Waals surface area contributed by atoms with E-state index >= 15 is 0 Å². The van der Waals surface area contributed by atoms with Gasteiger partial charge in [0.05, 0.1) is 0 Å². The fourth-order valence-corrected chi connectivity index (χ4v) is 2.75. The number of hydrogen-bond acceptors (Lipinski definition) is 5. The van der Waals surface area contributed by atoms with Crippen molar-refractivity contribution >= 4 is 17.6 Å². The summed E-state index contributed by atoms with van der Waals surface area (Å²) < 4.78 is 70.1. The minimum Gasteiger partial charge on any atom is -0.811 e. The maximum absolute atomic E-state index is 12.8. The van der Waals surface area contributed by atoms with Crippen LogP contribution in [0.5, 0.6) is 0 Å². The third-order valence-corrected chi connectivity index (χ3v) is 4.58. The molecular formula is C6H11F3NO5PS-2. The Balaban J connectivity index is 4.96. The standard InChI is InChI=1S/C6H13F3NO5PS/c1-2-10(3-4-16(11,12)13)17(14,15)6(8,9)5-7/h2-5H2,1H3,(H2,11,12,13)/p-2. The van der Waals surface area contributed by atoms with Gasteiger partial charge in [-0.15, -0.1) is 0 Å². The zero-order chi connectivity index (χ0) is 13.9. The summed E-state index contributed by atoms with van der Waals surface area (Å²) in [6.07, 6.45) is -1.12. The molecule has 0 spiro atoms. The van der Waals surface area contributed by atoms with Crippen molar-refractivity contribution < 1.29 is 35.9 Å². The van der Waals surface area contributed by atoms with E-state index in [9.17, 15) is 35.9 Å². The van der Waals surface area contributed by atoms with E-state index in [0.717, 1.165) is 6.92 Å². The van der Waals surface area contributed by atoms with Crippen molar-refractivity contribution in [1.29, 1.82) is 0 Å². The van der Waals surface area contributed by atoms with E-state index in [1.54, 1.807) is 0 Å². The molecule has 0 saturated carbocycles. The van der Waals surface area contributed by atoms with E-state index in [2.05, 4.69) is 0 Å². The van der Waals surface area contributed by atoms with Gasteiger partial charge in [0.15, 0.2) is 6.67 Å². The lowest BCUT2D eigenvalue weighted by atomic mass is 10.7. The number of halogens is 3. The van der Waals surface area contributed by atoms with Gasteiger partial charge in [-0.05, 0) is 6.16 Å². The van der Waals surface area contributed by atoms with Crippen LogP contribution >= 0.6 is 7.60 Å². The predicted octanol–water partition coefficient (Wildman–Crippen LogP) is -0.886. The van der Waals surface area contributed by atoms with Crippen LogP contribution < -0.4 is 9.79 Å². The Hall–Kier alpha value is -0.150. The second-order valence-corrected chi connectivity index (χ2v) is 6.84. The van der Waals surface area contributed by atoms with E-state index in [1.807, 2.05) is 0 Å². The van der Waals surface area contributed by atoms with Crippen LogP contribution in [-0.4, -0.2) is 43.9 Å². The fraction of sp³-hybridized carbons (Fsp3) is 1.00. The summed E-state index contributed by atoms with van der Waals surface area (Å²) in [7, 11) is -10.3. The van der Waals surface area contributed by atoms with E-state index < -0.39 is 48.8 Å². The molecule has 0 saturated heterocycles. The first-order valence-corrected chi connectivity index (χ1v) is 7.59. The zero-order valence-corrected chi connectivity index (χ0v) is 10.5. The molecule has 0 bridgehead atoms. The van der Waals surface area contributed by atoms with Crippen molar-refractivity contribution in [2.24, 2.45) is 0 Å². The third kappa shape index (κ3) is 4.55. The number of alkyl halides is 3. The molecule has 0 amide bonds. The molecule has 0 aromatic carbocycles. The quantitative estimate of drug-likeness (QED) is 0.568.